The topological polar surface area (TPSA) is 69.4 Å². The molecule has 0 unspecified atom stereocenters. The summed E-state index contributed by atoms with van der Waals surface area (Å²) in [6, 6.07) is 5.26. The monoisotopic (exact) mass is 357 g/mol. The zero-order valence-electron chi connectivity index (χ0n) is 14.6. The van der Waals surface area contributed by atoms with Gasteiger partial charge in [0.25, 0.3) is 0 Å². The predicted molar refractivity (Wildman–Crippen MR) is 97.3 cm³/mol. The van der Waals surface area contributed by atoms with Crippen LogP contribution in [0.15, 0.2) is 32.9 Å². The summed E-state index contributed by atoms with van der Waals surface area (Å²) in [6.07, 6.45) is 0. The zero-order valence-corrected chi connectivity index (χ0v) is 15.4. The lowest BCUT2D eigenvalue weighted by Gasteiger charge is -2.13. The van der Waals surface area contributed by atoms with E-state index in [1.807, 2.05) is 19.1 Å². The molecule has 0 spiro atoms. The van der Waals surface area contributed by atoms with Gasteiger partial charge in [-0.05, 0) is 43.0 Å². The molecule has 25 heavy (non-hydrogen) atoms. The molecule has 6 heteroatoms. The van der Waals surface area contributed by atoms with E-state index < -0.39 is 11.6 Å². The lowest BCUT2D eigenvalue weighted by atomic mass is 9.95. The van der Waals surface area contributed by atoms with Crippen LogP contribution in [0.4, 0.5) is 0 Å². The molecule has 5 nitrogen and oxygen atoms in total. The molecular formula is C19H19NO4S. The largest absolute Gasteiger partial charge is 0.457 e. The summed E-state index contributed by atoms with van der Waals surface area (Å²) in [5, 5.41) is 0.794. The predicted octanol–water partition coefficient (Wildman–Crippen LogP) is 4.35. The Hall–Kier alpha value is -2.47. The molecule has 0 atom stereocenters. The van der Waals surface area contributed by atoms with E-state index in [1.54, 1.807) is 12.4 Å². The van der Waals surface area contributed by atoms with Crippen molar-refractivity contribution in [2.75, 3.05) is 0 Å². The number of fused-ring (bicyclic) bond motifs is 1. The molecule has 3 rings (SSSR count). The number of hydrogen-bond donors (Lipinski definition) is 0. The van der Waals surface area contributed by atoms with Crippen LogP contribution in [0.2, 0.25) is 0 Å². The number of aromatic nitrogens is 1. The highest BCUT2D eigenvalue weighted by atomic mass is 32.1. The van der Waals surface area contributed by atoms with Crippen molar-refractivity contribution in [3.63, 3.8) is 0 Å². The molecule has 3 aromatic rings. The summed E-state index contributed by atoms with van der Waals surface area (Å²) in [4.78, 5) is 28.6. The van der Waals surface area contributed by atoms with Gasteiger partial charge in [-0.2, -0.15) is 0 Å². The Morgan fingerprint density at radius 1 is 1.28 bits per heavy atom. The Morgan fingerprint density at radius 2 is 2.04 bits per heavy atom. The third-order valence-electron chi connectivity index (χ3n) is 4.13. The Balaban J connectivity index is 1.97. The number of ether oxygens (including phenoxy) is 1. The number of nitrogens with zero attached hydrogens (tertiary/aromatic N) is 1. The lowest BCUT2D eigenvalue weighted by Crippen LogP contribution is -2.08. The van der Waals surface area contributed by atoms with Crippen molar-refractivity contribution in [1.29, 1.82) is 0 Å². The average Bonchev–Trinajstić information content (AvgIpc) is 2.97. The molecule has 0 N–H and O–H groups in total. The number of rotatable bonds is 4. The van der Waals surface area contributed by atoms with Crippen LogP contribution >= 0.6 is 11.3 Å². The second-order valence-electron chi connectivity index (χ2n) is 6.29. The van der Waals surface area contributed by atoms with Gasteiger partial charge in [-0.1, -0.05) is 13.8 Å². The molecule has 130 valence electrons. The molecule has 0 saturated carbocycles. The van der Waals surface area contributed by atoms with Gasteiger partial charge in [-0.3, -0.25) is 0 Å². The second-order valence-corrected chi connectivity index (χ2v) is 7.15. The highest BCUT2D eigenvalue weighted by molar-refractivity contribution is 7.11. The first-order chi connectivity index (χ1) is 11.9. The maximum absolute atomic E-state index is 12.2. The van der Waals surface area contributed by atoms with Crippen molar-refractivity contribution in [3.05, 3.63) is 61.4 Å². The van der Waals surface area contributed by atoms with E-state index in [0.29, 0.717) is 27.6 Å². The lowest BCUT2D eigenvalue weighted by molar-refractivity contribution is 0.0478. The van der Waals surface area contributed by atoms with E-state index in [1.165, 1.54) is 23.0 Å². The van der Waals surface area contributed by atoms with Gasteiger partial charge in [0.15, 0.2) is 0 Å². The van der Waals surface area contributed by atoms with Gasteiger partial charge >= 0.3 is 11.6 Å². The van der Waals surface area contributed by atoms with E-state index in [-0.39, 0.29) is 6.61 Å². The van der Waals surface area contributed by atoms with Gasteiger partial charge in [-0.25, -0.2) is 14.6 Å². The number of aryl methyl sites for hydroxylation is 2. The molecule has 0 aliphatic heterocycles. The van der Waals surface area contributed by atoms with Crippen molar-refractivity contribution < 1.29 is 13.9 Å². The molecule has 0 amide bonds. The first-order valence-electron chi connectivity index (χ1n) is 8.01. The third-order valence-corrected chi connectivity index (χ3v) is 5.04. The fraction of sp³-hybridized carbons (Fsp3) is 0.316. The first kappa shape index (κ1) is 17.4. The summed E-state index contributed by atoms with van der Waals surface area (Å²) in [5.41, 5.74) is 5.19. The van der Waals surface area contributed by atoms with Gasteiger partial charge in [0.2, 0.25) is 0 Å². The van der Waals surface area contributed by atoms with Crippen molar-refractivity contribution in [1.82, 2.24) is 4.98 Å². The summed E-state index contributed by atoms with van der Waals surface area (Å²) in [5.74, 6) is -0.0934. The number of thiazole rings is 1. The zero-order chi connectivity index (χ0) is 18.1. The van der Waals surface area contributed by atoms with Crippen molar-refractivity contribution in [2.45, 2.75) is 40.2 Å². The molecule has 2 heterocycles. The first-order valence-corrected chi connectivity index (χ1v) is 8.89. The molecule has 0 radical (unpaired) electrons. The summed E-state index contributed by atoms with van der Waals surface area (Å²) < 4.78 is 10.7. The average molecular weight is 357 g/mol. The smallest absolute Gasteiger partial charge is 0.350 e. The molecule has 1 aromatic carbocycles. The quantitative estimate of drug-likeness (QED) is 0.513. The number of carbonyl (C=O) groups is 1. The van der Waals surface area contributed by atoms with Crippen LogP contribution in [0.3, 0.4) is 0 Å². The van der Waals surface area contributed by atoms with E-state index in [9.17, 15) is 9.59 Å². The SMILES string of the molecule is Cc1cc2oc(=O)cc(COC(=O)c3scnc3C)c2cc1C(C)C. The maximum atomic E-state index is 12.2. The second kappa shape index (κ2) is 6.80. The number of hydrogen-bond acceptors (Lipinski definition) is 6. The molecule has 0 aliphatic rings. The van der Waals surface area contributed by atoms with Crippen LogP contribution < -0.4 is 5.63 Å². The van der Waals surface area contributed by atoms with Gasteiger partial charge < -0.3 is 9.15 Å². The van der Waals surface area contributed by atoms with Gasteiger partial charge in [0, 0.05) is 17.0 Å². The summed E-state index contributed by atoms with van der Waals surface area (Å²) in [7, 11) is 0. The van der Waals surface area contributed by atoms with E-state index in [4.69, 9.17) is 9.15 Å². The van der Waals surface area contributed by atoms with Crippen molar-refractivity contribution >= 4 is 28.3 Å². The van der Waals surface area contributed by atoms with Crippen LogP contribution in [-0.2, 0) is 11.3 Å². The molecule has 0 aliphatic carbocycles. The molecule has 0 bridgehead atoms. The third kappa shape index (κ3) is 3.49. The normalized spacial score (nSPS) is 11.2. The van der Waals surface area contributed by atoms with Crippen LogP contribution in [0.1, 0.15) is 51.8 Å². The Kier molecular flexibility index (Phi) is 4.72. The molecular weight excluding hydrogens is 338 g/mol. The van der Waals surface area contributed by atoms with E-state index >= 15 is 0 Å². The standard InChI is InChI=1S/C19H19NO4S/c1-10(2)14-7-15-13(6-17(21)24-16(15)5-11(14)3)8-23-19(22)18-12(4)20-9-25-18/h5-7,9-10H,8H2,1-4H3. The minimum atomic E-state index is -0.454. The van der Waals surface area contributed by atoms with Crippen LogP contribution in [0, 0.1) is 13.8 Å². The van der Waals surface area contributed by atoms with Gasteiger partial charge in [0.05, 0.1) is 11.2 Å². The van der Waals surface area contributed by atoms with Gasteiger partial charge in [0.1, 0.15) is 17.1 Å². The van der Waals surface area contributed by atoms with Crippen LogP contribution in [0.25, 0.3) is 11.0 Å². The van der Waals surface area contributed by atoms with Crippen molar-refractivity contribution in [3.8, 4) is 0 Å². The summed E-state index contributed by atoms with van der Waals surface area (Å²) in [6.45, 7) is 7.99. The molecule has 0 saturated heterocycles. The number of carbonyl (C=O) groups excluding carboxylic acids is 1. The van der Waals surface area contributed by atoms with E-state index in [2.05, 4.69) is 18.8 Å². The summed E-state index contributed by atoms with van der Waals surface area (Å²) >= 11 is 1.24. The van der Waals surface area contributed by atoms with Crippen LogP contribution in [0.5, 0.6) is 0 Å². The van der Waals surface area contributed by atoms with E-state index in [0.717, 1.165) is 10.9 Å². The Morgan fingerprint density at radius 3 is 2.68 bits per heavy atom. The minimum absolute atomic E-state index is 0.0128. The fourth-order valence-electron chi connectivity index (χ4n) is 2.84. The highest BCUT2D eigenvalue weighted by Crippen LogP contribution is 2.27. The number of esters is 1. The molecule has 0 fully saturated rings. The minimum Gasteiger partial charge on any atom is -0.457 e. The van der Waals surface area contributed by atoms with Crippen LogP contribution in [-0.4, -0.2) is 11.0 Å². The van der Waals surface area contributed by atoms with Crippen molar-refractivity contribution in [2.24, 2.45) is 0 Å². The van der Waals surface area contributed by atoms with Gasteiger partial charge in [-0.15, -0.1) is 11.3 Å². The Bertz CT molecular complexity index is 1000. The Labute approximate surface area is 149 Å². The molecule has 2 aromatic heterocycles. The highest BCUT2D eigenvalue weighted by Gasteiger charge is 2.16. The maximum Gasteiger partial charge on any atom is 0.350 e. The number of benzene rings is 1. The fourth-order valence-corrected chi connectivity index (χ4v) is 3.53.